The Bertz CT molecular complexity index is 1020. The number of amides is 1. The Morgan fingerprint density at radius 1 is 1.25 bits per heavy atom. The fraction of sp³-hybridized carbons (Fsp3) is 0.250. The number of benzene rings is 2. The molecule has 1 atom stereocenters. The van der Waals surface area contributed by atoms with Crippen LogP contribution in [0.4, 0.5) is 8.78 Å². The number of aromatic nitrogens is 2. The van der Waals surface area contributed by atoms with Gasteiger partial charge >= 0.3 is 0 Å². The van der Waals surface area contributed by atoms with Crippen LogP contribution in [-0.2, 0) is 11.3 Å². The predicted octanol–water partition coefficient (Wildman–Crippen LogP) is 3.54. The number of hydrogen-bond acceptors (Lipinski definition) is 5. The second-order valence-electron chi connectivity index (χ2n) is 6.57. The molecular formula is C20H17F2N3O3. The van der Waals surface area contributed by atoms with E-state index in [0.29, 0.717) is 29.6 Å². The van der Waals surface area contributed by atoms with E-state index in [-0.39, 0.29) is 30.4 Å². The molecule has 1 unspecified atom stereocenters. The van der Waals surface area contributed by atoms with Gasteiger partial charge in [0.2, 0.25) is 5.91 Å². The molecule has 1 aliphatic heterocycles. The number of para-hydroxylation sites is 1. The van der Waals surface area contributed by atoms with Crippen LogP contribution in [-0.4, -0.2) is 34.6 Å². The minimum atomic E-state index is -0.672. The first kappa shape index (κ1) is 18.1. The lowest BCUT2D eigenvalue weighted by Crippen LogP contribution is -2.25. The van der Waals surface area contributed by atoms with Crippen LogP contribution in [0.1, 0.15) is 23.7 Å². The fourth-order valence-corrected chi connectivity index (χ4v) is 3.28. The summed E-state index contributed by atoms with van der Waals surface area (Å²) in [5.74, 6) is -0.398. The van der Waals surface area contributed by atoms with E-state index in [0.717, 1.165) is 6.07 Å². The minimum absolute atomic E-state index is 0.0681. The number of ether oxygens (including phenoxy) is 1. The molecule has 3 aromatic rings. The zero-order valence-corrected chi connectivity index (χ0v) is 15.1. The van der Waals surface area contributed by atoms with Crippen molar-refractivity contribution in [1.29, 1.82) is 0 Å². The minimum Gasteiger partial charge on any atom is -0.496 e. The van der Waals surface area contributed by atoms with Gasteiger partial charge < -0.3 is 14.2 Å². The van der Waals surface area contributed by atoms with E-state index in [1.54, 1.807) is 19.2 Å². The van der Waals surface area contributed by atoms with Gasteiger partial charge in [-0.3, -0.25) is 4.79 Å². The zero-order valence-electron chi connectivity index (χ0n) is 15.1. The lowest BCUT2D eigenvalue weighted by molar-refractivity contribution is -0.128. The molecule has 144 valence electrons. The molecule has 0 bridgehead atoms. The van der Waals surface area contributed by atoms with Gasteiger partial charge in [0.25, 0.3) is 5.89 Å². The van der Waals surface area contributed by atoms with E-state index in [1.807, 2.05) is 12.1 Å². The van der Waals surface area contributed by atoms with E-state index < -0.39 is 11.6 Å². The Morgan fingerprint density at radius 3 is 2.86 bits per heavy atom. The van der Waals surface area contributed by atoms with Gasteiger partial charge in [0, 0.05) is 37.1 Å². The molecule has 0 N–H and O–H groups in total. The lowest BCUT2D eigenvalue weighted by Gasteiger charge is -2.16. The van der Waals surface area contributed by atoms with Crippen molar-refractivity contribution in [2.45, 2.75) is 18.9 Å². The monoisotopic (exact) mass is 385 g/mol. The standard InChI is InChI=1S/C20H17F2N3O3/c1-27-17-5-3-2-4-15(17)20-23-19(24-28-20)13-8-18(26)25(11-13)10-12-6-7-14(21)9-16(12)22/h2-7,9,13H,8,10-11H2,1H3. The largest absolute Gasteiger partial charge is 0.496 e. The first-order valence-electron chi connectivity index (χ1n) is 8.74. The van der Waals surface area contributed by atoms with Gasteiger partial charge in [-0.1, -0.05) is 23.4 Å². The molecule has 6 nitrogen and oxygen atoms in total. The molecule has 8 heteroatoms. The highest BCUT2D eigenvalue weighted by Gasteiger charge is 2.34. The molecule has 1 fully saturated rings. The molecule has 1 amide bonds. The molecule has 1 aromatic heterocycles. The number of hydrogen-bond donors (Lipinski definition) is 0. The van der Waals surface area contributed by atoms with Crippen molar-refractivity contribution in [1.82, 2.24) is 15.0 Å². The number of likely N-dealkylation sites (tertiary alicyclic amines) is 1. The van der Waals surface area contributed by atoms with E-state index in [9.17, 15) is 13.6 Å². The first-order chi connectivity index (χ1) is 13.5. The van der Waals surface area contributed by atoms with Crippen LogP contribution in [0.25, 0.3) is 11.5 Å². The van der Waals surface area contributed by atoms with Gasteiger partial charge in [-0.05, 0) is 18.2 Å². The Balaban J connectivity index is 1.51. The van der Waals surface area contributed by atoms with Crippen molar-refractivity contribution in [2.24, 2.45) is 0 Å². The summed E-state index contributed by atoms with van der Waals surface area (Å²) >= 11 is 0. The molecule has 28 heavy (non-hydrogen) atoms. The molecule has 1 saturated heterocycles. The summed E-state index contributed by atoms with van der Waals surface area (Å²) in [7, 11) is 1.55. The topological polar surface area (TPSA) is 68.5 Å². The fourth-order valence-electron chi connectivity index (χ4n) is 3.28. The average Bonchev–Trinajstić information content (AvgIpc) is 3.31. The van der Waals surface area contributed by atoms with Gasteiger partial charge in [-0.15, -0.1) is 0 Å². The van der Waals surface area contributed by atoms with Crippen LogP contribution in [0.2, 0.25) is 0 Å². The van der Waals surface area contributed by atoms with Crippen LogP contribution in [0.3, 0.4) is 0 Å². The molecular weight excluding hydrogens is 368 g/mol. The number of carbonyl (C=O) groups is 1. The Hall–Kier alpha value is -3.29. The van der Waals surface area contributed by atoms with E-state index >= 15 is 0 Å². The second-order valence-corrected chi connectivity index (χ2v) is 6.57. The summed E-state index contributed by atoms with van der Waals surface area (Å²) in [5, 5.41) is 4.01. The maximum absolute atomic E-state index is 13.9. The average molecular weight is 385 g/mol. The van der Waals surface area contributed by atoms with Crippen LogP contribution in [0, 0.1) is 11.6 Å². The Labute approximate surface area is 159 Å². The van der Waals surface area contributed by atoms with Crippen molar-refractivity contribution < 1.29 is 22.8 Å². The lowest BCUT2D eigenvalue weighted by atomic mass is 10.1. The number of rotatable bonds is 5. The number of carbonyl (C=O) groups excluding carboxylic acids is 1. The smallest absolute Gasteiger partial charge is 0.261 e. The van der Waals surface area contributed by atoms with Crippen molar-refractivity contribution in [3.8, 4) is 17.2 Å². The van der Waals surface area contributed by atoms with Crippen LogP contribution >= 0.6 is 0 Å². The van der Waals surface area contributed by atoms with Crippen molar-refractivity contribution >= 4 is 5.91 Å². The summed E-state index contributed by atoms with van der Waals surface area (Å²) in [6.45, 7) is 0.402. The Morgan fingerprint density at radius 2 is 2.07 bits per heavy atom. The molecule has 2 aromatic carbocycles. The SMILES string of the molecule is COc1ccccc1-c1nc(C2CC(=O)N(Cc3ccc(F)cc3F)C2)no1. The summed E-state index contributed by atoms with van der Waals surface area (Å²) in [5.41, 5.74) is 0.927. The number of halogens is 2. The van der Waals surface area contributed by atoms with Gasteiger partial charge in [-0.25, -0.2) is 8.78 Å². The quantitative estimate of drug-likeness (QED) is 0.672. The van der Waals surface area contributed by atoms with Crippen LogP contribution in [0.15, 0.2) is 47.0 Å². The molecule has 1 aliphatic rings. The van der Waals surface area contributed by atoms with Gasteiger partial charge in [0.1, 0.15) is 17.4 Å². The maximum atomic E-state index is 13.9. The first-order valence-corrected chi connectivity index (χ1v) is 8.74. The second kappa shape index (κ2) is 7.38. The third-order valence-corrected chi connectivity index (χ3v) is 4.74. The highest BCUT2D eigenvalue weighted by Crippen LogP contribution is 2.32. The van der Waals surface area contributed by atoms with Crippen molar-refractivity contribution in [3.05, 3.63) is 65.5 Å². The van der Waals surface area contributed by atoms with Crippen molar-refractivity contribution in [3.63, 3.8) is 0 Å². The highest BCUT2D eigenvalue weighted by atomic mass is 19.1. The zero-order chi connectivity index (χ0) is 19.7. The van der Waals surface area contributed by atoms with Gasteiger partial charge in [0.05, 0.1) is 12.7 Å². The van der Waals surface area contributed by atoms with E-state index in [4.69, 9.17) is 9.26 Å². The van der Waals surface area contributed by atoms with Gasteiger partial charge in [-0.2, -0.15) is 4.98 Å². The maximum Gasteiger partial charge on any atom is 0.261 e. The summed E-state index contributed by atoms with van der Waals surface area (Å²) in [6, 6.07) is 10.6. The van der Waals surface area contributed by atoms with Gasteiger partial charge in [0.15, 0.2) is 5.82 Å². The normalized spacial score (nSPS) is 16.6. The molecule has 2 heterocycles. The molecule has 0 spiro atoms. The molecule has 0 radical (unpaired) electrons. The Kier molecular flexibility index (Phi) is 4.77. The summed E-state index contributed by atoms with van der Waals surface area (Å²) in [6.07, 6.45) is 0.202. The molecule has 4 rings (SSSR count). The molecule has 0 saturated carbocycles. The summed E-state index contributed by atoms with van der Waals surface area (Å²) in [4.78, 5) is 18.3. The number of nitrogens with zero attached hydrogens (tertiary/aromatic N) is 3. The van der Waals surface area contributed by atoms with Crippen LogP contribution < -0.4 is 4.74 Å². The van der Waals surface area contributed by atoms with Crippen LogP contribution in [0.5, 0.6) is 5.75 Å². The predicted molar refractivity (Wildman–Crippen MR) is 95.4 cm³/mol. The van der Waals surface area contributed by atoms with E-state index in [2.05, 4.69) is 10.1 Å². The third kappa shape index (κ3) is 3.45. The third-order valence-electron chi connectivity index (χ3n) is 4.74. The summed E-state index contributed by atoms with van der Waals surface area (Å²) < 4.78 is 37.6. The molecule has 0 aliphatic carbocycles. The number of methoxy groups -OCH3 is 1. The highest BCUT2D eigenvalue weighted by molar-refractivity contribution is 5.79. The van der Waals surface area contributed by atoms with E-state index in [1.165, 1.54) is 17.0 Å². The van der Waals surface area contributed by atoms with Crippen molar-refractivity contribution in [2.75, 3.05) is 13.7 Å².